The highest BCUT2D eigenvalue weighted by Gasteiger charge is 2.30. The number of piperidine rings is 1. The molecule has 2 rings (SSSR count). The van der Waals surface area contributed by atoms with Crippen LogP contribution < -0.4 is 0 Å². The molecule has 1 aliphatic rings. The third-order valence-electron chi connectivity index (χ3n) is 3.19. The van der Waals surface area contributed by atoms with Crippen LogP contribution in [-0.4, -0.2) is 37.5 Å². The third kappa shape index (κ3) is 2.77. The first-order valence-corrected chi connectivity index (χ1v) is 8.14. The van der Waals surface area contributed by atoms with Gasteiger partial charge >= 0.3 is 0 Å². The summed E-state index contributed by atoms with van der Waals surface area (Å²) < 4.78 is 27.0. The fourth-order valence-electron chi connectivity index (χ4n) is 2.19. The third-order valence-corrected chi connectivity index (χ3v) is 6.07. The van der Waals surface area contributed by atoms with Crippen molar-refractivity contribution in [2.75, 3.05) is 19.7 Å². The molecule has 0 amide bonds. The Hall–Kier alpha value is -0.430. The summed E-state index contributed by atoms with van der Waals surface area (Å²) >= 11 is 3.28. The Morgan fingerprint density at radius 3 is 2.78 bits per heavy atom. The van der Waals surface area contributed by atoms with Crippen LogP contribution in [0.15, 0.2) is 33.6 Å². The fourth-order valence-corrected chi connectivity index (χ4v) is 4.71. The van der Waals surface area contributed by atoms with Crippen molar-refractivity contribution in [3.63, 3.8) is 0 Å². The molecule has 0 aromatic heterocycles. The minimum absolute atomic E-state index is 0.0436. The average molecular weight is 334 g/mol. The van der Waals surface area contributed by atoms with Gasteiger partial charge in [-0.3, -0.25) is 0 Å². The Kier molecular flexibility index (Phi) is 4.42. The van der Waals surface area contributed by atoms with Crippen LogP contribution >= 0.6 is 15.9 Å². The Balaban J connectivity index is 2.29. The van der Waals surface area contributed by atoms with E-state index in [1.807, 2.05) is 0 Å². The van der Waals surface area contributed by atoms with E-state index in [-0.39, 0.29) is 12.5 Å². The molecule has 1 unspecified atom stereocenters. The van der Waals surface area contributed by atoms with Gasteiger partial charge in [0.25, 0.3) is 0 Å². The lowest BCUT2D eigenvalue weighted by Gasteiger charge is -2.31. The average Bonchev–Trinajstić information content (AvgIpc) is 2.39. The Morgan fingerprint density at radius 2 is 2.11 bits per heavy atom. The van der Waals surface area contributed by atoms with E-state index in [1.54, 1.807) is 24.3 Å². The summed E-state index contributed by atoms with van der Waals surface area (Å²) in [6.07, 6.45) is 1.69. The van der Waals surface area contributed by atoms with Gasteiger partial charge in [-0.1, -0.05) is 12.1 Å². The number of hydrogen-bond donors (Lipinski definition) is 1. The summed E-state index contributed by atoms with van der Waals surface area (Å²) in [6, 6.07) is 6.82. The number of hydrogen-bond acceptors (Lipinski definition) is 3. The molecule has 1 fully saturated rings. The summed E-state index contributed by atoms with van der Waals surface area (Å²) in [7, 11) is -3.46. The van der Waals surface area contributed by atoms with Gasteiger partial charge in [-0.25, -0.2) is 8.42 Å². The molecular formula is C12H16BrNO3S. The smallest absolute Gasteiger partial charge is 0.244 e. The van der Waals surface area contributed by atoms with Gasteiger partial charge in [-0.15, -0.1) is 0 Å². The van der Waals surface area contributed by atoms with E-state index in [0.717, 1.165) is 12.8 Å². The zero-order valence-electron chi connectivity index (χ0n) is 9.92. The number of aliphatic hydroxyl groups excluding tert-OH is 1. The summed E-state index contributed by atoms with van der Waals surface area (Å²) in [6.45, 7) is 0.975. The molecular weight excluding hydrogens is 318 g/mol. The zero-order valence-corrected chi connectivity index (χ0v) is 12.3. The fraction of sp³-hybridized carbons (Fsp3) is 0.500. The van der Waals surface area contributed by atoms with Crippen molar-refractivity contribution in [3.05, 3.63) is 28.7 Å². The lowest BCUT2D eigenvalue weighted by Crippen LogP contribution is -2.40. The quantitative estimate of drug-likeness (QED) is 0.918. The number of benzene rings is 1. The summed E-state index contributed by atoms with van der Waals surface area (Å²) in [5.41, 5.74) is 0. The predicted octanol–water partition coefficient (Wildman–Crippen LogP) is 1.84. The topological polar surface area (TPSA) is 57.6 Å². The highest BCUT2D eigenvalue weighted by atomic mass is 79.9. The molecule has 1 atom stereocenters. The van der Waals surface area contributed by atoms with Gasteiger partial charge in [-0.05, 0) is 46.8 Å². The number of halogens is 1. The first kappa shape index (κ1) is 14.0. The van der Waals surface area contributed by atoms with Crippen molar-refractivity contribution in [2.45, 2.75) is 17.7 Å². The second-order valence-electron chi connectivity index (χ2n) is 4.48. The van der Waals surface area contributed by atoms with Crippen LogP contribution in [0.2, 0.25) is 0 Å². The molecule has 18 heavy (non-hydrogen) atoms. The highest BCUT2D eigenvalue weighted by Crippen LogP contribution is 2.28. The molecule has 1 saturated heterocycles. The molecule has 6 heteroatoms. The molecule has 1 N–H and O–H groups in total. The molecule has 0 saturated carbocycles. The van der Waals surface area contributed by atoms with Gasteiger partial charge < -0.3 is 5.11 Å². The molecule has 100 valence electrons. The largest absolute Gasteiger partial charge is 0.396 e. The SMILES string of the molecule is O=S(=O)(c1ccccc1Br)N1CCCC(CO)C1. The number of aliphatic hydroxyl groups is 1. The molecule has 0 spiro atoms. The monoisotopic (exact) mass is 333 g/mol. The lowest BCUT2D eigenvalue weighted by atomic mass is 10.0. The number of sulfonamides is 1. The van der Waals surface area contributed by atoms with Gasteiger partial charge in [0.05, 0.1) is 4.90 Å². The number of nitrogens with zero attached hydrogens (tertiary/aromatic N) is 1. The van der Waals surface area contributed by atoms with Crippen LogP contribution in [0.25, 0.3) is 0 Å². The van der Waals surface area contributed by atoms with Gasteiger partial charge in [0.2, 0.25) is 10.0 Å². The molecule has 0 radical (unpaired) electrons. The van der Waals surface area contributed by atoms with Crippen molar-refractivity contribution >= 4 is 26.0 Å². The maximum atomic E-state index is 12.5. The normalized spacial score (nSPS) is 22.0. The van der Waals surface area contributed by atoms with Gasteiger partial charge in [0.1, 0.15) is 0 Å². The highest BCUT2D eigenvalue weighted by molar-refractivity contribution is 9.10. The van der Waals surface area contributed by atoms with E-state index in [2.05, 4.69) is 15.9 Å². The molecule has 0 bridgehead atoms. The van der Waals surface area contributed by atoms with E-state index >= 15 is 0 Å². The van der Waals surface area contributed by atoms with Gasteiger partial charge in [0.15, 0.2) is 0 Å². The maximum absolute atomic E-state index is 12.5. The predicted molar refractivity (Wildman–Crippen MR) is 72.7 cm³/mol. The van der Waals surface area contributed by atoms with Crippen molar-refractivity contribution in [3.8, 4) is 0 Å². The minimum atomic E-state index is -3.46. The second kappa shape index (κ2) is 5.69. The molecule has 1 aromatic carbocycles. The van der Waals surface area contributed by atoms with Crippen LogP contribution in [0, 0.1) is 5.92 Å². The van der Waals surface area contributed by atoms with E-state index in [4.69, 9.17) is 5.11 Å². The van der Waals surface area contributed by atoms with E-state index in [0.29, 0.717) is 22.5 Å². The first-order chi connectivity index (χ1) is 8.55. The Morgan fingerprint density at radius 1 is 1.39 bits per heavy atom. The van der Waals surface area contributed by atoms with Crippen molar-refractivity contribution < 1.29 is 13.5 Å². The maximum Gasteiger partial charge on any atom is 0.244 e. The van der Waals surface area contributed by atoms with Crippen LogP contribution in [-0.2, 0) is 10.0 Å². The summed E-state index contributed by atoms with van der Waals surface area (Å²) in [5.74, 6) is 0.0519. The lowest BCUT2D eigenvalue weighted by molar-refractivity contribution is 0.165. The Bertz CT molecular complexity index is 518. The van der Waals surface area contributed by atoms with Crippen LogP contribution in [0.3, 0.4) is 0 Å². The summed E-state index contributed by atoms with van der Waals surface area (Å²) in [5, 5.41) is 9.17. The van der Waals surface area contributed by atoms with E-state index in [1.165, 1.54) is 4.31 Å². The molecule has 1 aromatic rings. The van der Waals surface area contributed by atoms with Crippen molar-refractivity contribution in [1.82, 2.24) is 4.31 Å². The zero-order chi connectivity index (χ0) is 13.2. The van der Waals surface area contributed by atoms with Crippen LogP contribution in [0.4, 0.5) is 0 Å². The van der Waals surface area contributed by atoms with Gasteiger partial charge in [-0.2, -0.15) is 4.31 Å². The molecule has 0 aliphatic carbocycles. The van der Waals surface area contributed by atoms with Crippen LogP contribution in [0.5, 0.6) is 0 Å². The minimum Gasteiger partial charge on any atom is -0.396 e. The van der Waals surface area contributed by atoms with Gasteiger partial charge in [0, 0.05) is 24.2 Å². The molecule has 1 heterocycles. The van der Waals surface area contributed by atoms with E-state index < -0.39 is 10.0 Å². The molecule has 4 nitrogen and oxygen atoms in total. The first-order valence-electron chi connectivity index (χ1n) is 5.91. The summed E-state index contributed by atoms with van der Waals surface area (Å²) in [4.78, 5) is 0.295. The van der Waals surface area contributed by atoms with Crippen molar-refractivity contribution in [2.24, 2.45) is 5.92 Å². The standard InChI is InChI=1S/C12H16BrNO3S/c13-11-5-1-2-6-12(11)18(16,17)14-7-3-4-10(8-14)9-15/h1-2,5-6,10,15H,3-4,7-9H2. The van der Waals surface area contributed by atoms with Crippen LogP contribution in [0.1, 0.15) is 12.8 Å². The number of rotatable bonds is 3. The molecule has 1 aliphatic heterocycles. The Labute approximate surface area is 116 Å². The van der Waals surface area contributed by atoms with Crippen molar-refractivity contribution in [1.29, 1.82) is 0 Å². The second-order valence-corrected chi connectivity index (χ2v) is 7.24. The van der Waals surface area contributed by atoms with E-state index in [9.17, 15) is 8.42 Å².